The number of benzene rings is 1. The van der Waals surface area contributed by atoms with Crippen LogP contribution in [0.2, 0.25) is 0 Å². The van der Waals surface area contributed by atoms with E-state index in [-0.39, 0.29) is 11.8 Å². The van der Waals surface area contributed by atoms with Gasteiger partial charge in [-0.15, -0.1) is 11.3 Å². The molecule has 0 saturated heterocycles. The lowest BCUT2D eigenvalue weighted by molar-refractivity contribution is 0.0937. The Balaban J connectivity index is 1.70. The highest BCUT2D eigenvalue weighted by Crippen LogP contribution is 2.24. The number of carbonyl (C=O) groups excluding carboxylic acids is 2. The molecule has 1 aliphatic rings. The molecule has 0 unspecified atom stereocenters. The quantitative estimate of drug-likeness (QED) is 0.841. The normalized spacial score (nSPS) is 14.5. The summed E-state index contributed by atoms with van der Waals surface area (Å²) >= 11 is 1.62. The molecule has 0 spiro atoms. The predicted molar refractivity (Wildman–Crippen MR) is 103 cm³/mol. The first-order valence-corrected chi connectivity index (χ1v) is 9.55. The molecule has 2 amide bonds. The van der Waals surface area contributed by atoms with Gasteiger partial charge in [-0.2, -0.15) is 0 Å². The minimum absolute atomic E-state index is 0.0304. The topological polar surface area (TPSA) is 58.2 Å². The van der Waals surface area contributed by atoms with Crippen LogP contribution in [0.1, 0.15) is 61.7 Å². The number of carbonyl (C=O) groups is 2. The number of thiophene rings is 1. The van der Waals surface area contributed by atoms with Crippen molar-refractivity contribution in [3.63, 3.8) is 0 Å². The molecule has 1 saturated carbocycles. The zero-order valence-electron chi connectivity index (χ0n) is 14.9. The molecule has 3 rings (SSSR count). The van der Waals surface area contributed by atoms with Gasteiger partial charge in [0.15, 0.2) is 0 Å². The Morgan fingerprint density at radius 1 is 1.04 bits per heavy atom. The number of amides is 2. The van der Waals surface area contributed by atoms with Crippen LogP contribution in [0, 0.1) is 20.8 Å². The fourth-order valence-corrected chi connectivity index (χ4v) is 4.25. The minimum atomic E-state index is -0.104. The van der Waals surface area contributed by atoms with Gasteiger partial charge < -0.3 is 10.6 Å². The van der Waals surface area contributed by atoms with Crippen LogP contribution in [-0.4, -0.2) is 17.9 Å². The fraction of sp³-hybridized carbons (Fsp3) is 0.400. The average Bonchev–Trinajstić information content (AvgIpc) is 3.18. The van der Waals surface area contributed by atoms with E-state index >= 15 is 0 Å². The molecule has 0 radical (unpaired) electrons. The second-order valence-corrected chi connectivity index (χ2v) is 8.23. The van der Waals surface area contributed by atoms with Crippen LogP contribution in [0.25, 0.3) is 0 Å². The molecule has 132 valence electrons. The van der Waals surface area contributed by atoms with Gasteiger partial charge in [-0.1, -0.05) is 12.8 Å². The maximum atomic E-state index is 12.5. The molecule has 5 heteroatoms. The van der Waals surface area contributed by atoms with Crippen LogP contribution in [0.3, 0.4) is 0 Å². The SMILES string of the molecule is Cc1cc(C(=O)Nc2ccc(C(=O)NC3CCCC3)cc2C)c(C)s1. The summed E-state index contributed by atoms with van der Waals surface area (Å²) in [6, 6.07) is 7.64. The summed E-state index contributed by atoms with van der Waals surface area (Å²) in [6.45, 7) is 5.86. The van der Waals surface area contributed by atoms with Crippen molar-refractivity contribution in [1.82, 2.24) is 5.32 Å². The number of hydrogen-bond donors (Lipinski definition) is 2. The summed E-state index contributed by atoms with van der Waals surface area (Å²) in [4.78, 5) is 27.0. The number of hydrogen-bond acceptors (Lipinski definition) is 3. The minimum Gasteiger partial charge on any atom is -0.349 e. The van der Waals surface area contributed by atoms with E-state index < -0.39 is 0 Å². The Morgan fingerprint density at radius 3 is 2.36 bits per heavy atom. The second kappa shape index (κ2) is 7.40. The van der Waals surface area contributed by atoms with Crippen LogP contribution in [0.4, 0.5) is 5.69 Å². The van der Waals surface area contributed by atoms with Crippen LogP contribution >= 0.6 is 11.3 Å². The van der Waals surface area contributed by atoms with E-state index in [1.165, 1.54) is 12.8 Å². The second-order valence-electron chi connectivity index (χ2n) is 6.77. The smallest absolute Gasteiger partial charge is 0.256 e. The highest BCUT2D eigenvalue weighted by molar-refractivity contribution is 7.12. The van der Waals surface area contributed by atoms with E-state index in [1.54, 1.807) is 17.4 Å². The lowest BCUT2D eigenvalue weighted by atomic mass is 10.1. The summed E-state index contributed by atoms with van der Waals surface area (Å²) in [5, 5.41) is 6.05. The van der Waals surface area contributed by atoms with Crippen molar-refractivity contribution in [3.05, 3.63) is 50.7 Å². The average molecular weight is 356 g/mol. The standard InChI is InChI=1S/C20H24N2O2S/c1-12-10-15(19(23)21-16-6-4-5-7-16)8-9-18(12)22-20(24)17-11-13(2)25-14(17)3/h8-11,16H,4-7H2,1-3H3,(H,21,23)(H,22,24). The van der Waals surface area contributed by atoms with Crippen molar-refractivity contribution in [1.29, 1.82) is 0 Å². The van der Waals surface area contributed by atoms with Gasteiger partial charge in [-0.3, -0.25) is 9.59 Å². The van der Waals surface area contributed by atoms with Gasteiger partial charge in [-0.05, 0) is 63.4 Å². The van der Waals surface area contributed by atoms with Gasteiger partial charge in [0.2, 0.25) is 0 Å². The van der Waals surface area contributed by atoms with Gasteiger partial charge in [0.25, 0.3) is 11.8 Å². The van der Waals surface area contributed by atoms with Gasteiger partial charge >= 0.3 is 0 Å². The van der Waals surface area contributed by atoms with E-state index in [4.69, 9.17) is 0 Å². The Bertz CT molecular complexity index is 804. The van der Waals surface area contributed by atoms with E-state index in [1.807, 2.05) is 39.0 Å². The summed E-state index contributed by atoms with van der Waals surface area (Å²) in [5.41, 5.74) is 2.98. The van der Waals surface area contributed by atoms with E-state index in [0.717, 1.165) is 33.8 Å². The van der Waals surface area contributed by atoms with Gasteiger partial charge in [0, 0.05) is 27.0 Å². The van der Waals surface area contributed by atoms with Crippen LogP contribution in [-0.2, 0) is 0 Å². The molecular formula is C20H24N2O2S. The van der Waals surface area contributed by atoms with E-state index in [0.29, 0.717) is 17.2 Å². The predicted octanol–water partition coefficient (Wildman–Crippen LogP) is 4.60. The maximum absolute atomic E-state index is 12.5. The van der Waals surface area contributed by atoms with Crippen molar-refractivity contribution in [2.45, 2.75) is 52.5 Å². The third-order valence-electron chi connectivity index (χ3n) is 4.71. The third-order valence-corrected chi connectivity index (χ3v) is 5.68. The van der Waals surface area contributed by atoms with Gasteiger partial charge in [0.1, 0.15) is 0 Å². The molecule has 1 aliphatic carbocycles. The Kier molecular flexibility index (Phi) is 5.23. The Morgan fingerprint density at radius 2 is 1.76 bits per heavy atom. The Hall–Kier alpha value is -2.14. The van der Waals surface area contributed by atoms with Crippen molar-refractivity contribution in [2.24, 2.45) is 0 Å². The third kappa shape index (κ3) is 4.10. The van der Waals surface area contributed by atoms with Crippen molar-refractivity contribution >= 4 is 28.8 Å². The first-order chi connectivity index (χ1) is 11.9. The highest BCUT2D eigenvalue weighted by atomic mass is 32.1. The lowest BCUT2D eigenvalue weighted by Crippen LogP contribution is -2.32. The maximum Gasteiger partial charge on any atom is 0.256 e. The highest BCUT2D eigenvalue weighted by Gasteiger charge is 2.19. The molecule has 2 N–H and O–H groups in total. The zero-order chi connectivity index (χ0) is 18.0. The summed E-state index contributed by atoms with van der Waals surface area (Å²) in [5.74, 6) is -0.134. The molecule has 1 aromatic carbocycles. The molecule has 0 atom stereocenters. The molecule has 4 nitrogen and oxygen atoms in total. The first-order valence-electron chi connectivity index (χ1n) is 8.74. The largest absolute Gasteiger partial charge is 0.349 e. The van der Waals surface area contributed by atoms with E-state index in [9.17, 15) is 9.59 Å². The summed E-state index contributed by atoms with van der Waals surface area (Å²) in [6.07, 6.45) is 4.52. The molecule has 1 heterocycles. The van der Waals surface area contributed by atoms with Gasteiger partial charge in [0.05, 0.1) is 5.56 Å². The molecule has 1 fully saturated rings. The van der Waals surface area contributed by atoms with Gasteiger partial charge in [-0.25, -0.2) is 0 Å². The monoisotopic (exact) mass is 356 g/mol. The fourth-order valence-electron chi connectivity index (χ4n) is 3.33. The molecular weight excluding hydrogens is 332 g/mol. The number of rotatable bonds is 4. The number of aryl methyl sites for hydroxylation is 3. The molecule has 25 heavy (non-hydrogen) atoms. The van der Waals surface area contributed by atoms with Crippen molar-refractivity contribution in [2.75, 3.05) is 5.32 Å². The lowest BCUT2D eigenvalue weighted by Gasteiger charge is -2.14. The molecule has 0 aliphatic heterocycles. The van der Waals surface area contributed by atoms with Crippen molar-refractivity contribution < 1.29 is 9.59 Å². The van der Waals surface area contributed by atoms with Crippen LogP contribution in [0.15, 0.2) is 24.3 Å². The molecule has 1 aromatic heterocycles. The number of anilines is 1. The number of nitrogens with one attached hydrogen (secondary N) is 2. The van der Waals surface area contributed by atoms with Crippen molar-refractivity contribution in [3.8, 4) is 0 Å². The van der Waals surface area contributed by atoms with Crippen LogP contribution < -0.4 is 10.6 Å². The molecule has 0 bridgehead atoms. The Labute approximate surface area is 152 Å². The first kappa shape index (κ1) is 17.7. The van der Waals surface area contributed by atoms with Crippen LogP contribution in [0.5, 0.6) is 0 Å². The zero-order valence-corrected chi connectivity index (χ0v) is 15.8. The summed E-state index contributed by atoms with van der Waals surface area (Å²) in [7, 11) is 0. The molecule has 2 aromatic rings. The summed E-state index contributed by atoms with van der Waals surface area (Å²) < 4.78 is 0. The van der Waals surface area contributed by atoms with E-state index in [2.05, 4.69) is 10.6 Å².